The van der Waals surface area contributed by atoms with E-state index in [0.717, 1.165) is 10.7 Å². The van der Waals surface area contributed by atoms with Gasteiger partial charge in [0.2, 0.25) is 5.91 Å². The molecular weight excluding hydrogens is 328 g/mol. The summed E-state index contributed by atoms with van der Waals surface area (Å²) in [5.74, 6) is -0.223. The van der Waals surface area contributed by atoms with Crippen LogP contribution in [0.2, 0.25) is 0 Å². The number of aromatic nitrogens is 2. The van der Waals surface area contributed by atoms with E-state index in [1.165, 1.54) is 23.5 Å². The molecule has 0 bridgehead atoms. The maximum absolute atomic E-state index is 12.3. The van der Waals surface area contributed by atoms with Crippen LogP contribution in [-0.2, 0) is 11.2 Å². The van der Waals surface area contributed by atoms with Crippen LogP contribution in [0.4, 0.5) is 11.4 Å². The smallest absolute Gasteiger partial charge is 0.270 e. The second-order valence-corrected chi connectivity index (χ2v) is 6.41. The minimum atomic E-state index is -0.469. The first-order valence-electron chi connectivity index (χ1n) is 7.19. The van der Waals surface area contributed by atoms with E-state index < -0.39 is 4.92 Å². The number of carbonyl (C=O) groups is 1. The molecule has 1 amide bonds. The number of non-ortho nitro benzene ring substituents is 1. The van der Waals surface area contributed by atoms with E-state index in [9.17, 15) is 14.9 Å². The number of rotatable bonds is 4. The summed E-state index contributed by atoms with van der Waals surface area (Å²) in [6.45, 7) is 3.69. The van der Waals surface area contributed by atoms with Crippen molar-refractivity contribution in [3.8, 4) is 0 Å². The maximum atomic E-state index is 12.3. The molecule has 24 heavy (non-hydrogen) atoms. The Kier molecular flexibility index (Phi) is 4.22. The van der Waals surface area contributed by atoms with Crippen LogP contribution in [0.25, 0.3) is 10.9 Å². The molecule has 0 unspecified atom stereocenters. The molecular formula is C16H14N4O3S. The molecule has 2 aromatic heterocycles. The van der Waals surface area contributed by atoms with Crippen LogP contribution in [0, 0.1) is 24.0 Å². The summed E-state index contributed by atoms with van der Waals surface area (Å²) in [6.07, 6.45) is 0.155. The standard InChI is InChI=1S/C16H14N4O3S/c1-9-5-15(19-16(21)6-11-8-24-10(2)18-11)13-7-12(20(22)23)3-4-14(13)17-9/h3-5,7-8H,6H2,1-2H3,(H,17,19,21). The van der Waals surface area contributed by atoms with Crippen LogP contribution >= 0.6 is 11.3 Å². The Morgan fingerprint density at radius 1 is 1.29 bits per heavy atom. The van der Waals surface area contributed by atoms with Crippen LogP contribution in [0.3, 0.4) is 0 Å². The van der Waals surface area contributed by atoms with E-state index in [0.29, 0.717) is 22.3 Å². The van der Waals surface area contributed by atoms with E-state index in [-0.39, 0.29) is 18.0 Å². The molecule has 0 saturated heterocycles. The summed E-state index contributed by atoms with van der Waals surface area (Å²) in [7, 11) is 0. The first-order chi connectivity index (χ1) is 11.4. The summed E-state index contributed by atoms with van der Waals surface area (Å²) in [6, 6.07) is 6.11. The minimum absolute atomic E-state index is 0.0428. The van der Waals surface area contributed by atoms with Gasteiger partial charge in [-0.15, -0.1) is 11.3 Å². The number of anilines is 1. The molecule has 7 nitrogen and oxygen atoms in total. The number of hydrogen-bond acceptors (Lipinski definition) is 6. The van der Waals surface area contributed by atoms with Gasteiger partial charge < -0.3 is 5.32 Å². The van der Waals surface area contributed by atoms with Gasteiger partial charge in [-0.2, -0.15) is 0 Å². The number of nitro benzene ring substituents is 1. The van der Waals surface area contributed by atoms with Crippen LogP contribution in [0.5, 0.6) is 0 Å². The van der Waals surface area contributed by atoms with Crippen molar-refractivity contribution in [3.63, 3.8) is 0 Å². The number of hydrogen-bond donors (Lipinski definition) is 1. The van der Waals surface area contributed by atoms with E-state index >= 15 is 0 Å². The highest BCUT2D eigenvalue weighted by atomic mass is 32.1. The largest absolute Gasteiger partial charge is 0.325 e. The molecule has 0 spiro atoms. The lowest BCUT2D eigenvalue weighted by molar-refractivity contribution is -0.384. The van der Waals surface area contributed by atoms with E-state index in [1.807, 2.05) is 12.3 Å². The second kappa shape index (κ2) is 6.32. The molecule has 0 radical (unpaired) electrons. The molecule has 8 heteroatoms. The van der Waals surface area contributed by atoms with Gasteiger partial charge >= 0.3 is 0 Å². The van der Waals surface area contributed by atoms with Gasteiger partial charge in [-0.3, -0.25) is 19.9 Å². The molecule has 1 aromatic carbocycles. The Balaban J connectivity index is 1.93. The van der Waals surface area contributed by atoms with E-state index in [2.05, 4.69) is 15.3 Å². The maximum Gasteiger partial charge on any atom is 0.270 e. The summed E-state index contributed by atoms with van der Waals surface area (Å²) in [5, 5.41) is 17.1. The van der Waals surface area contributed by atoms with Crippen LogP contribution in [0.1, 0.15) is 16.4 Å². The molecule has 1 N–H and O–H groups in total. The number of fused-ring (bicyclic) bond motifs is 1. The zero-order chi connectivity index (χ0) is 17.3. The number of pyridine rings is 1. The van der Waals surface area contributed by atoms with Gasteiger partial charge in [0.25, 0.3) is 5.69 Å². The molecule has 3 rings (SSSR count). The molecule has 122 valence electrons. The van der Waals surface area contributed by atoms with Gasteiger partial charge in [0, 0.05) is 28.6 Å². The zero-order valence-corrected chi connectivity index (χ0v) is 13.9. The van der Waals surface area contributed by atoms with Crippen molar-refractivity contribution in [1.82, 2.24) is 9.97 Å². The molecule has 0 fully saturated rings. The fourth-order valence-corrected chi connectivity index (χ4v) is 3.02. The fourth-order valence-electron chi connectivity index (χ4n) is 2.41. The number of nitrogens with zero attached hydrogens (tertiary/aromatic N) is 3. The molecule has 3 aromatic rings. The molecule has 0 atom stereocenters. The van der Waals surface area contributed by atoms with E-state index in [4.69, 9.17) is 0 Å². The monoisotopic (exact) mass is 342 g/mol. The average Bonchev–Trinajstić information content (AvgIpc) is 2.91. The number of nitro groups is 1. The minimum Gasteiger partial charge on any atom is -0.325 e. The van der Waals surface area contributed by atoms with Crippen LogP contribution in [-0.4, -0.2) is 20.8 Å². The number of nitrogens with one attached hydrogen (secondary N) is 1. The number of carbonyl (C=O) groups excluding carboxylic acids is 1. The quantitative estimate of drug-likeness (QED) is 0.579. The van der Waals surface area contributed by atoms with Crippen molar-refractivity contribution < 1.29 is 9.72 Å². The van der Waals surface area contributed by atoms with E-state index in [1.54, 1.807) is 19.1 Å². The summed E-state index contributed by atoms with van der Waals surface area (Å²) >= 11 is 1.49. The molecule has 0 aliphatic heterocycles. The van der Waals surface area contributed by atoms with Gasteiger partial charge in [0.1, 0.15) is 0 Å². The normalized spacial score (nSPS) is 10.8. The van der Waals surface area contributed by atoms with Crippen molar-refractivity contribution in [2.24, 2.45) is 0 Å². The summed E-state index contributed by atoms with van der Waals surface area (Å²) in [5.41, 5.74) is 2.49. The Labute approximate surface area is 141 Å². The first-order valence-corrected chi connectivity index (χ1v) is 8.07. The predicted molar refractivity (Wildman–Crippen MR) is 92.3 cm³/mol. The van der Waals surface area contributed by atoms with Crippen LogP contribution in [0.15, 0.2) is 29.6 Å². The Morgan fingerprint density at radius 3 is 2.75 bits per heavy atom. The number of thiazole rings is 1. The third-order valence-corrected chi connectivity index (χ3v) is 4.24. The lowest BCUT2D eigenvalue weighted by Crippen LogP contribution is -2.15. The molecule has 0 aliphatic rings. The first kappa shape index (κ1) is 16.0. The Morgan fingerprint density at radius 2 is 2.08 bits per heavy atom. The summed E-state index contributed by atoms with van der Waals surface area (Å²) < 4.78 is 0. The second-order valence-electron chi connectivity index (χ2n) is 5.35. The highest BCUT2D eigenvalue weighted by Gasteiger charge is 2.13. The van der Waals surface area contributed by atoms with Crippen LogP contribution < -0.4 is 5.32 Å². The van der Waals surface area contributed by atoms with Crippen molar-refractivity contribution in [1.29, 1.82) is 0 Å². The average molecular weight is 342 g/mol. The number of amides is 1. The fraction of sp³-hybridized carbons (Fsp3) is 0.188. The third-order valence-electron chi connectivity index (χ3n) is 3.41. The van der Waals surface area contributed by atoms with Gasteiger partial charge in [-0.25, -0.2) is 4.98 Å². The lowest BCUT2D eigenvalue weighted by Gasteiger charge is -2.09. The Bertz CT molecular complexity index is 952. The van der Waals surface area contributed by atoms with Crippen molar-refractivity contribution in [3.05, 3.63) is 56.2 Å². The van der Waals surface area contributed by atoms with Gasteiger partial charge in [0.15, 0.2) is 0 Å². The highest BCUT2D eigenvalue weighted by Crippen LogP contribution is 2.27. The van der Waals surface area contributed by atoms with Crippen molar-refractivity contribution in [2.45, 2.75) is 20.3 Å². The predicted octanol–water partition coefficient (Wildman–Crippen LogP) is 3.40. The van der Waals surface area contributed by atoms with Gasteiger partial charge in [0.05, 0.1) is 33.2 Å². The number of aryl methyl sites for hydroxylation is 2. The Hall–Kier alpha value is -2.87. The van der Waals surface area contributed by atoms with Crippen molar-refractivity contribution in [2.75, 3.05) is 5.32 Å². The molecule has 2 heterocycles. The molecule has 0 aliphatic carbocycles. The third kappa shape index (κ3) is 3.38. The van der Waals surface area contributed by atoms with Crippen molar-refractivity contribution >= 4 is 39.5 Å². The van der Waals surface area contributed by atoms with Gasteiger partial charge in [-0.05, 0) is 26.0 Å². The highest BCUT2D eigenvalue weighted by molar-refractivity contribution is 7.09. The topological polar surface area (TPSA) is 98.0 Å². The van der Waals surface area contributed by atoms with Gasteiger partial charge in [-0.1, -0.05) is 0 Å². The zero-order valence-electron chi connectivity index (χ0n) is 13.1. The SMILES string of the molecule is Cc1cc(NC(=O)Cc2csc(C)n2)c2cc([N+](=O)[O-])ccc2n1. The number of benzene rings is 1. The lowest BCUT2D eigenvalue weighted by atomic mass is 10.1. The summed E-state index contributed by atoms with van der Waals surface area (Å²) in [4.78, 5) is 31.4. The molecule has 0 saturated carbocycles.